The summed E-state index contributed by atoms with van der Waals surface area (Å²) >= 11 is 0. The van der Waals surface area contributed by atoms with Crippen LogP contribution >= 0.6 is 0 Å². The molecule has 2 N–H and O–H groups in total. The fraction of sp³-hybridized carbons (Fsp3) is 0.938. The fourth-order valence-corrected chi connectivity index (χ4v) is 2.98. The van der Waals surface area contributed by atoms with Gasteiger partial charge in [0, 0.05) is 31.8 Å². The Kier molecular flexibility index (Phi) is 5.49. The van der Waals surface area contributed by atoms with Crippen molar-refractivity contribution in [2.45, 2.75) is 70.6 Å². The molecule has 1 aliphatic heterocycles. The van der Waals surface area contributed by atoms with E-state index in [1.165, 1.54) is 12.8 Å². The summed E-state index contributed by atoms with van der Waals surface area (Å²) in [6.07, 6.45) is 5.17. The quantitative estimate of drug-likeness (QED) is 0.816. The Morgan fingerprint density at radius 3 is 2.67 bits per heavy atom. The number of nitrogens with one attached hydrogen (secondary N) is 1. The first kappa shape index (κ1) is 16.6. The van der Waals surface area contributed by atoms with Crippen LogP contribution in [0.15, 0.2) is 0 Å². The molecule has 1 saturated carbocycles. The summed E-state index contributed by atoms with van der Waals surface area (Å²) in [6, 6.07) is 0.936. The minimum atomic E-state index is -0.444. The van der Waals surface area contributed by atoms with Gasteiger partial charge in [-0.25, -0.2) is 4.79 Å². The molecular weight excluding hydrogens is 268 g/mol. The van der Waals surface area contributed by atoms with Gasteiger partial charge in [-0.2, -0.15) is 0 Å². The van der Waals surface area contributed by atoms with Crippen molar-refractivity contribution >= 4 is 6.09 Å². The predicted molar refractivity (Wildman–Crippen MR) is 82.2 cm³/mol. The molecule has 2 fully saturated rings. The maximum absolute atomic E-state index is 12.2. The molecule has 1 aliphatic carbocycles. The largest absolute Gasteiger partial charge is 0.444 e. The highest BCUT2D eigenvalue weighted by Crippen LogP contribution is 2.27. The van der Waals surface area contributed by atoms with Gasteiger partial charge in [-0.3, -0.25) is 0 Å². The number of hydrogen-bond acceptors (Lipinski definition) is 4. The lowest BCUT2D eigenvalue weighted by Gasteiger charge is -2.38. The normalized spacial score (nSPS) is 24.8. The van der Waals surface area contributed by atoms with E-state index in [-0.39, 0.29) is 12.7 Å². The van der Waals surface area contributed by atoms with Gasteiger partial charge >= 0.3 is 6.09 Å². The lowest BCUT2D eigenvalue weighted by atomic mass is 9.89. The van der Waals surface area contributed by atoms with Crippen LogP contribution in [0.4, 0.5) is 4.79 Å². The molecule has 1 saturated heterocycles. The summed E-state index contributed by atoms with van der Waals surface area (Å²) < 4.78 is 5.48. The SMILES string of the molecule is CC(C)(C)OC(=O)N1CCC[C@@H]([C@H](CCO)NC2CC2)C1. The highest BCUT2D eigenvalue weighted by molar-refractivity contribution is 5.68. The molecule has 1 amide bonds. The van der Waals surface area contributed by atoms with Gasteiger partial charge < -0.3 is 20.1 Å². The molecule has 5 heteroatoms. The Labute approximate surface area is 128 Å². The number of aliphatic hydroxyl groups is 1. The summed E-state index contributed by atoms with van der Waals surface area (Å²) in [5, 5.41) is 12.9. The zero-order valence-electron chi connectivity index (χ0n) is 13.6. The fourth-order valence-electron chi connectivity index (χ4n) is 2.98. The molecule has 2 aliphatic rings. The molecule has 1 heterocycles. The number of aliphatic hydroxyl groups excluding tert-OH is 1. The molecule has 0 spiro atoms. The van der Waals surface area contributed by atoms with Crippen molar-refractivity contribution in [1.29, 1.82) is 0 Å². The third-order valence-electron chi connectivity index (χ3n) is 4.15. The highest BCUT2D eigenvalue weighted by atomic mass is 16.6. The molecule has 0 aromatic rings. The number of hydrogen-bond donors (Lipinski definition) is 2. The Hall–Kier alpha value is -0.810. The maximum Gasteiger partial charge on any atom is 0.410 e. The summed E-state index contributed by atoms with van der Waals surface area (Å²) in [5.74, 6) is 0.416. The number of carbonyl (C=O) groups is 1. The van der Waals surface area contributed by atoms with Crippen LogP contribution in [0.5, 0.6) is 0 Å². The molecule has 0 aromatic carbocycles. The monoisotopic (exact) mass is 298 g/mol. The minimum Gasteiger partial charge on any atom is -0.444 e. The smallest absolute Gasteiger partial charge is 0.410 e. The first-order valence-corrected chi connectivity index (χ1v) is 8.24. The summed E-state index contributed by atoms with van der Waals surface area (Å²) in [5.41, 5.74) is -0.444. The summed E-state index contributed by atoms with van der Waals surface area (Å²) in [7, 11) is 0. The Morgan fingerprint density at radius 2 is 2.10 bits per heavy atom. The van der Waals surface area contributed by atoms with Crippen LogP contribution in [0.1, 0.15) is 52.9 Å². The van der Waals surface area contributed by atoms with E-state index in [1.54, 1.807) is 0 Å². The van der Waals surface area contributed by atoms with Crippen molar-refractivity contribution in [1.82, 2.24) is 10.2 Å². The second-order valence-electron chi connectivity index (χ2n) is 7.39. The van der Waals surface area contributed by atoms with Crippen molar-refractivity contribution in [2.75, 3.05) is 19.7 Å². The average molecular weight is 298 g/mol. The standard InChI is InChI=1S/C16H30N2O3/c1-16(2,3)21-15(20)18-9-4-5-12(11-18)14(8-10-19)17-13-6-7-13/h12-14,17,19H,4-11H2,1-3H3/t12-,14+/m1/s1. The van der Waals surface area contributed by atoms with E-state index >= 15 is 0 Å². The number of nitrogens with zero attached hydrogens (tertiary/aromatic N) is 1. The van der Waals surface area contributed by atoms with Crippen molar-refractivity contribution in [3.63, 3.8) is 0 Å². The number of likely N-dealkylation sites (tertiary alicyclic amines) is 1. The van der Waals surface area contributed by atoms with Gasteiger partial charge in [-0.15, -0.1) is 0 Å². The highest BCUT2D eigenvalue weighted by Gasteiger charge is 2.34. The van der Waals surface area contributed by atoms with Gasteiger partial charge in [0.15, 0.2) is 0 Å². The van der Waals surface area contributed by atoms with Gasteiger partial charge in [-0.05, 0) is 58.8 Å². The number of carbonyl (C=O) groups excluding carboxylic acids is 1. The second-order valence-corrected chi connectivity index (χ2v) is 7.39. The maximum atomic E-state index is 12.2. The molecule has 21 heavy (non-hydrogen) atoms. The van der Waals surface area contributed by atoms with Gasteiger partial charge in [0.05, 0.1) is 0 Å². The van der Waals surface area contributed by atoms with Gasteiger partial charge in [0.2, 0.25) is 0 Å². The van der Waals surface area contributed by atoms with Crippen molar-refractivity contribution in [2.24, 2.45) is 5.92 Å². The van der Waals surface area contributed by atoms with E-state index in [0.29, 0.717) is 18.0 Å². The van der Waals surface area contributed by atoms with E-state index in [9.17, 15) is 9.90 Å². The first-order valence-electron chi connectivity index (χ1n) is 8.24. The lowest BCUT2D eigenvalue weighted by molar-refractivity contribution is 0.0138. The van der Waals surface area contributed by atoms with E-state index in [0.717, 1.165) is 32.4 Å². The zero-order valence-corrected chi connectivity index (χ0v) is 13.6. The molecule has 2 atom stereocenters. The molecule has 5 nitrogen and oxygen atoms in total. The van der Waals surface area contributed by atoms with Gasteiger partial charge in [-0.1, -0.05) is 0 Å². The van der Waals surface area contributed by atoms with Crippen LogP contribution in [0.25, 0.3) is 0 Å². The predicted octanol–water partition coefficient (Wildman–Crippen LogP) is 2.14. The van der Waals surface area contributed by atoms with E-state index in [4.69, 9.17) is 4.74 Å². The molecule has 0 unspecified atom stereocenters. The van der Waals surface area contributed by atoms with Crippen molar-refractivity contribution in [3.8, 4) is 0 Å². The summed E-state index contributed by atoms with van der Waals surface area (Å²) in [6.45, 7) is 7.41. The number of rotatable bonds is 5. The topological polar surface area (TPSA) is 61.8 Å². The van der Waals surface area contributed by atoms with Crippen LogP contribution in [0, 0.1) is 5.92 Å². The number of ether oxygens (including phenoxy) is 1. The van der Waals surface area contributed by atoms with Crippen LogP contribution in [0.2, 0.25) is 0 Å². The zero-order chi connectivity index (χ0) is 15.5. The molecule has 0 aromatic heterocycles. The van der Waals surface area contributed by atoms with E-state index in [1.807, 2.05) is 25.7 Å². The molecule has 2 rings (SSSR count). The van der Waals surface area contributed by atoms with Crippen LogP contribution in [0.3, 0.4) is 0 Å². The van der Waals surface area contributed by atoms with Crippen molar-refractivity contribution < 1.29 is 14.6 Å². The Balaban J connectivity index is 1.89. The first-order chi connectivity index (χ1) is 9.89. The third-order valence-corrected chi connectivity index (χ3v) is 4.15. The van der Waals surface area contributed by atoms with Crippen LogP contribution < -0.4 is 5.32 Å². The van der Waals surface area contributed by atoms with E-state index in [2.05, 4.69) is 5.32 Å². The molecule has 0 radical (unpaired) electrons. The number of amides is 1. The molecular formula is C16H30N2O3. The Bertz CT molecular complexity index is 350. The number of piperidine rings is 1. The lowest BCUT2D eigenvalue weighted by Crippen LogP contribution is -2.49. The van der Waals surface area contributed by atoms with Crippen LogP contribution in [-0.4, -0.2) is 53.5 Å². The van der Waals surface area contributed by atoms with Gasteiger partial charge in [0.1, 0.15) is 5.60 Å². The average Bonchev–Trinajstić information content (AvgIpc) is 3.20. The van der Waals surface area contributed by atoms with E-state index < -0.39 is 5.60 Å². The van der Waals surface area contributed by atoms with Gasteiger partial charge in [0.25, 0.3) is 0 Å². The molecule has 122 valence electrons. The minimum absolute atomic E-state index is 0.202. The van der Waals surface area contributed by atoms with Crippen LogP contribution in [-0.2, 0) is 4.74 Å². The third kappa shape index (κ3) is 5.47. The summed E-state index contributed by atoms with van der Waals surface area (Å²) in [4.78, 5) is 14.0. The molecule has 0 bridgehead atoms. The second kappa shape index (κ2) is 6.97. The van der Waals surface area contributed by atoms with Crippen molar-refractivity contribution in [3.05, 3.63) is 0 Å². The Morgan fingerprint density at radius 1 is 1.38 bits per heavy atom.